The van der Waals surface area contributed by atoms with Crippen LogP contribution in [0.25, 0.3) is 0 Å². The summed E-state index contributed by atoms with van der Waals surface area (Å²) in [6.07, 6.45) is 1.54. The molecule has 3 rings (SSSR count). The summed E-state index contributed by atoms with van der Waals surface area (Å²) < 4.78 is 10.0. The van der Waals surface area contributed by atoms with Gasteiger partial charge in [0.2, 0.25) is 5.91 Å². The molecule has 8 nitrogen and oxygen atoms in total. The number of carbonyl (C=O) groups is 2. The summed E-state index contributed by atoms with van der Waals surface area (Å²) in [7, 11) is 4.56. The molecule has 0 aromatic heterocycles. The Bertz CT molecular complexity index is 963. The van der Waals surface area contributed by atoms with E-state index in [2.05, 4.69) is 15.6 Å². The quantitative estimate of drug-likeness (QED) is 0.238. The van der Waals surface area contributed by atoms with Crippen molar-refractivity contribution < 1.29 is 19.1 Å². The summed E-state index contributed by atoms with van der Waals surface area (Å²) in [6.45, 7) is 1.85. The van der Waals surface area contributed by atoms with Crippen molar-refractivity contribution >= 4 is 47.5 Å². The van der Waals surface area contributed by atoms with Gasteiger partial charge in [-0.05, 0) is 41.8 Å². The van der Waals surface area contributed by atoms with Gasteiger partial charge in [-0.1, -0.05) is 18.2 Å². The van der Waals surface area contributed by atoms with E-state index in [9.17, 15) is 9.59 Å². The summed E-state index contributed by atoms with van der Waals surface area (Å²) in [5.41, 5.74) is 3.29. The van der Waals surface area contributed by atoms with E-state index in [4.69, 9.17) is 9.47 Å². The molecule has 1 amide bonds. The molecule has 0 saturated carbocycles. The van der Waals surface area contributed by atoms with Crippen molar-refractivity contribution in [1.29, 1.82) is 0 Å². The molecule has 0 radical (unpaired) electrons. The molecule has 0 unspecified atom stereocenters. The number of guanidine groups is 1. The Hall–Kier alpha value is -2.82. The summed E-state index contributed by atoms with van der Waals surface area (Å²) in [6, 6.07) is 13.3. The Labute approximate surface area is 205 Å². The van der Waals surface area contributed by atoms with Crippen molar-refractivity contribution in [1.82, 2.24) is 10.6 Å². The van der Waals surface area contributed by atoms with Crippen LogP contribution in [0.2, 0.25) is 0 Å². The standard InChI is InChI=1S/C23H28N4O4.HI/c1-24-23(26-15-17-8-11-20(30-2)19(13-17)22(29)31-3)25-14-16-6-9-18(10-7-16)27-12-4-5-21(27)28;/h6-11,13H,4-5,12,14-15H2,1-3H3,(H2,24,25,26);1H. The number of esters is 1. The second-order valence-corrected chi connectivity index (χ2v) is 7.12. The molecule has 2 aromatic carbocycles. The SMILES string of the molecule is CN=C(NCc1ccc(N2CCCC2=O)cc1)NCc1ccc(OC)c(C(=O)OC)c1.I. The number of anilines is 1. The van der Waals surface area contributed by atoms with Crippen molar-refractivity contribution in [3.8, 4) is 5.75 Å². The lowest BCUT2D eigenvalue weighted by Gasteiger charge is -2.16. The third kappa shape index (κ3) is 6.35. The zero-order chi connectivity index (χ0) is 22.2. The number of nitrogens with zero attached hydrogens (tertiary/aromatic N) is 2. The van der Waals surface area contributed by atoms with Crippen molar-refractivity contribution in [3.05, 3.63) is 59.2 Å². The average Bonchev–Trinajstić information content (AvgIpc) is 3.24. The number of benzene rings is 2. The van der Waals surface area contributed by atoms with Gasteiger partial charge in [0.1, 0.15) is 11.3 Å². The van der Waals surface area contributed by atoms with E-state index in [-0.39, 0.29) is 29.9 Å². The highest BCUT2D eigenvalue weighted by Crippen LogP contribution is 2.22. The van der Waals surface area contributed by atoms with Gasteiger partial charge < -0.3 is 25.0 Å². The average molecular weight is 552 g/mol. The van der Waals surface area contributed by atoms with Crippen LogP contribution in [0, 0.1) is 0 Å². The second-order valence-electron chi connectivity index (χ2n) is 7.12. The summed E-state index contributed by atoms with van der Waals surface area (Å²) in [4.78, 5) is 29.9. The summed E-state index contributed by atoms with van der Waals surface area (Å²) in [5, 5.41) is 6.50. The molecule has 32 heavy (non-hydrogen) atoms. The molecule has 172 valence electrons. The Morgan fingerprint density at radius 3 is 2.28 bits per heavy atom. The molecule has 0 aliphatic carbocycles. The molecule has 9 heteroatoms. The zero-order valence-corrected chi connectivity index (χ0v) is 20.8. The molecule has 0 atom stereocenters. The number of methoxy groups -OCH3 is 2. The predicted molar refractivity (Wildman–Crippen MR) is 135 cm³/mol. The van der Waals surface area contributed by atoms with Gasteiger partial charge in [0.15, 0.2) is 5.96 Å². The van der Waals surface area contributed by atoms with Crippen molar-refractivity contribution in [2.45, 2.75) is 25.9 Å². The van der Waals surface area contributed by atoms with Crippen molar-refractivity contribution in [2.75, 3.05) is 32.7 Å². The first-order chi connectivity index (χ1) is 15.0. The Morgan fingerprint density at radius 1 is 1.06 bits per heavy atom. The first kappa shape index (κ1) is 25.4. The van der Waals surface area contributed by atoms with Crippen LogP contribution in [0.15, 0.2) is 47.5 Å². The lowest BCUT2D eigenvalue weighted by atomic mass is 10.1. The zero-order valence-electron chi connectivity index (χ0n) is 18.5. The second kappa shape index (κ2) is 12.3. The molecule has 1 heterocycles. The molecule has 1 fully saturated rings. The fourth-order valence-corrected chi connectivity index (χ4v) is 3.44. The first-order valence-corrected chi connectivity index (χ1v) is 10.1. The van der Waals surface area contributed by atoms with Crippen LogP contribution in [0.4, 0.5) is 5.69 Å². The molecule has 1 saturated heterocycles. The summed E-state index contributed by atoms with van der Waals surface area (Å²) >= 11 is 0. The third-order valence-electron chi connectivity index (χ3n) is 5.13. The first-order valence-electron chi connectivity index (χ1n) is 10.1. The number of amides is 1. The van der Waals surface area contributed by atoms with E-state index in [1.165, 1.54) is 14.2 Å². The van der Waals surface area contributed by atoms with Gasteiger partial charge in [-0.15, -0.1) is 24.0 Å². The predicted octanol–water partition coefficient (Wildman–Crippen LogP) is 3.09. The number of hydrogen-bond donors (Lipinski definition) is 2. The van der Waals surface area contributed by atoms with Gasteiger partial charge >= 0.3 is 5.97 Å². The highest BCUT2D eigenvalue weighted by molar-refractivity contribution is 14.0. The van der Waals surface area contributed by atoms with Gasteiger partial charge in [-0.3, -0.25) is 9.79 Å². The maximum Gasteiger partial charge on any atom is 0.341 e. The minimum absolute atomic E-state index is 0. The van der Waals surface area contributed by atoms with Gasteiger partial charge in [0.05, 0.1) is 14.2 Å². The molecular weight excluding hydrogens is 523 g/mol. The largest absolute Gasteiger partial charge is 0.496 e. The number of rotatable bonds is 7. The number of hydrogen-bond acceptors (Lipinski definition) is 5. The number of nitrogens with one attached hydrogen (secondary N) is 2. The summed E-state index contributed by atoms with van der Waals surface area (Å²) in [5.74, 6) is 0.844. The molecule has 0 bridgehead atoms. The van der Waals surface area contributed by atoms with Gasteiger partial charge in [0.25, 0.3) is 0 Å². The molecule has 2 N–H and O–H groups in total. The van der Waals surface area contributed by atoms with Crippen LogP contribution in [-0.4, -0.2) is 45.6 Å². The van der Waals surface area contributed by atoms with Gasteiger partial charge in [-0.2, -0.15) is 0 Å². The number of halogens is 1. The lowest BCUT2D eigenvalue weighted by molar-refractivity contribution is -0.117. The fraction of sp³-hybridized carbons (Fsp3) is 0.348. The van der Waals surface area contributed by atoms with Crippen LogP contribution in [0.5, 0.6) is 5.75 Å². The Morgan fingerprint density at radius 2 is 1.72 bits per heavy atom. The number of carbonyl (C=O) groups excluding carboxylic acids is 2. The van der Waals surface area contributed by atoms with Crippen molar-refractivity contribution in [2.24, 2.45) is 4.99 Å². The Kier molecular flexibility index (Phi) is 9.76. The van der Waals surface area contributed by atoms with E-state index in [1.54, 1.807) is 19.2 Å². The van der Waals surface area contributed by atoms with Gasteiger partial charge in [0, 0.05) is 38.8 Å². The number of aliphatic imine (C=N–C) groups is 1. The van der Waals surface area contributed by atoms with Crippen LogP contribution < -0.4 is 20.3 Å². The molecular formula is C23H29IN4O4. The Balaban J connectivity index is 0.00000363. The van der Waals surface area contributed by atoms with E-state index >= 15 is 0 Å². The van der Waals surface area contributed by atoms with Gasteiger partial charge in [-0.25, -0.2) is 4.79 Å². The van der Waals surface area contributed by atoms with E-state index in [0.717, 1.165) is 29.8 Å². The van der Waals surface area contributed by atoms with E-state index < -0.39 is 5.97 Å². The highest BCUT2D eigenvalue weighted by Gasteiger charge is 2.21. The maximum absolute atomic E-state index is 11.9. The maximum atomic E-state index is 11.9. The van der Waals surface area contributed by atoms with Crippen LogP contribution in [0.1, 0.15) is 34.3 Å². The lowest BCUT2D eigenvalue weighted by Crippen LogP contribution is -2.36. The van der Waals surface area contributed by atoms with Crippen LogP contribution >= 0.6 is 24.0 Å². The molecule has 1 aliphatic heterocycles. The monoisotopic (exact) mass is 552 g/mol. The number of ether oxygens (including phenoxy) is 2. The van der Waals surface area contributed by atoms with Crippen molar-refractivity contribution in [3.63, 3.8) is 0 Å². The smallest absolute Gasteiger partial charge is 0.341 e. The van der Waals surface area contributed by atoms with E-state index in [1.807, 2.05) is 35.2 Å². The fourth-order valence-electron chi connectivity index (χ4n) is 3.44. The topological polar surface area (TPSA) is 92.3 Å². The highest BCUT2D eigenvalue weighted by atomic mass is 127. The van der Waals surface area contributed by atoms with E-state index in [0.29, 0.717) is 36.8 Å². The van der Waals surface area contributed by atoms with Crippen LogP contribution in [-0.2, 0) is 22.6 Å². The third-order valence-corrected chi connectivity index (χ3v) is 5.13. The molecule has 1 aliphatic rings. The minimum Gasteiger partial charge on any atom is -0.496 e. The molecule has 2 aromatic rings. The minimum atomic E-state index is -0.444. The van der Waals surface area contributed by atoms with Crippen LogP contribution in [0.3, 0.4) is 0 Å². The normalized spacial score (nSPS) is 13.4. The molecule has 0 spiro atoms.